The highest BCUT2D eigenvalue weighted by Crippen LogP contribution is 2.29. The summed E-state index contributed by atoms with van der Waals surface area (Å²) in [5.74, 6) is -1.87. The highest BCUT2D eigenvalue weighted by Gasteiger charge is 2.34. The number of hydrogen-bond donors (Lipinski definition) is 1. The van der Waals surface area contributed by atoms with E-state index in [1.807, 2.05) is 18.2 Å². The molecule has 0 bridgehead atoms. The first-order valence-corrected chi connectivity index (χ1v) is 9.51. The molecule has 1 atom stereocenters. The Bertz CT molecular complexity index is 1190. The molecule has 2 aromatic heterocycles. The molecule has 0 spiro atoms. The summed E-state index contributed by atoms with van der Waals surface area (Å²) in [4.78, 5) is 3.85. The van der Waals surface area contributed by atoms with Gasteiger partial charge in [-0.05, 0) is 35.4 Å². The fraction of sp³-hybridized carbons (Fsp3) is 0.130. The molecule has 0 saturated carbocycles. The molecule has 0 radical (unpaired) electrons. The second-order valence-corrected chi connectivity index (χ2v) is 7.25. The van der Waals surface area contributed by atoms with Crippen LogP contribution >= 0.6 is 0 Å². The Morgan fingerprint density at radius 1 is 0.903 bits per heavy atom. The zero-order valence-electron chi connectivity index (χ0n) is 16.4. The quantitative estimate of drug-likeness (QED) is 0.483. The summed E-state index contributed by atoms with van der Waals surface area (Å²) in [7, 11) is 0. The Balaban J connectivity index is 1.59. The number of rotatable bonds is 7. The predicted molar refractivity (Wildman–Crippen MR) is 110 cm³/mol. The fourth-order valence-electron chi connectivity index (χ4n) is 3.39. The maximum Gasteiger partial charge on any atom is 0.137 e. The van der Waals surface area contributed by atoms with Gasteiger partial charge in [0.05, 0.1) is 13.1 Å². The van der Waals surface area contributed by atoms with E-state index in [2.05, 4.69) is 10.1 Å². The van der Waals surface area contributed by atoms with Crippen LogP contribution in [0.15, 0.2) is 73.6 Å². The second-order valence-electron chi connectivity index (χ2n) is 7.25. The van der Waals surface area contributed by atoms with Crippen LogP contribution in [0.2, 0.25) is 0 Å². The van der Waals surface area contributed by atoms with Crippen LogP contribution in [-0.2, 0) is 18.7 Å². The average Bonchev–Trinajstić information content (AvgIpc) is 3.39. The molecule has 0 aliphatic rings. The Kier molecular flexibility index (Phi) is 5.73. The van der Waals surface area contributed by atoms with Crippen molar-refractivity contribution in [3.8, 4) is 0 Å². The van der Waals surface area contributed by atoms with Crippen molar-refractivity contribution in [3.63, 3.8) is 0 Å². The van der Waals surface area contributed by atoms with Crippen molar-refractivity contribution >= 4 is 12.2 Å². The van der Waals surface area contributed by atoms with Crippen LogP contribution in [-0.4, -0.2) is 24.4 Å². The lowest BCUT2D eigenvalue weighted by atomic mass is 9.92. The largest absolute Gasteiger partial charge is 0.381 e. The van der Waals surface area contributed by atoms with Gasteiger partial charge < -0.3 is 9.67 Å². The molecule has 31 heavy (non-hydrogen) atoms. The van der Waals surface area contributed by atoms with Crippen molar-refractivity contribution in [1.82, 2.24) is 19.3 Å². The first kappa shape index (κ1) is 20.6. The van der Waals surface area contributed by atoms with Crippen LogP contribution in [0.3, 0.4) is 0 Å². The molecule has 1 unspecified atom stereocenters. The summed E-state index contributed by atoms with van der Waals surface area (Å²) >= 11 is 0. The lowest BCUT2D eigenvalue weighted by Crippen LogP contribution is -2.37. The summed E-state index contributed by atoms with van der Waals surface area (Å²) in [6, 6.07) is 11.0. The molecular weight excluding hydrogens is 405 g/mol. The van der Waals surface area contributed by atoms with Gasteiger partial charge in [0.25, 0.3) is 0 Å². The van der Waals surface area contributed by atoms with Crippen LogP contribution in [0.4, 0.5) is 13.2 Å². The number of nitrogens with zero attached hydrogens (tertiary/aromatic N) is 4. The summed E-state index contributed by atoms with van der Waals surface area (Å²) in [6.07, 6.45) is 9.94. The standard InChI is InChI=1S/C23H19F3N4O/c24-19-5-3-17(4-6-19)1-2-18-9-10-29(12-18)13-23(31,14-30-16-27-15-28-30)21-8-7-20(25)11-22(21)26/h1-12,15-16,31H,13-14H2/b2-1+. The van der Waals surface area contributed by atoms with Crippen molar-refractivity contribution in [2.45, 2.75) is 18.7 Å². The monoisotopic (exact) mass is 424 g/mol. The average molecular weight is 424 g/mol. The minimum atomic E-state index is -1.71. The predicted octanol–water partition coefficient (Wildman–Crippen LogP) is 4.26. The number of hydrogen-bond acceptors (Lipinski definition) is 3. The Hall–Kier alpha value is -3.65. The Labute approximate surface area is 176 Å². The molecule has 1 N–H and O–H groups in total. The summed E-state index contributed by atoms with van der Waals surface area (Å²) in [5.41, 5.74) is -0.0682. The van der Waals surface area contributed by atoms with Gasteiger partial charge in [0.2, 0.25) is 0 Å². The molecular formula is C23H19F3N4O. The third-order valence-corrected chi connectivity index (χ3v) is 4.88. The zero-order valence-corrected chi connectivity index (χ0v) is 16.4. The van der Waals surface area contributed by atoms with Crippen LogP contribution in [0.5, 0.6) is 0 Å². The van der Waals surface area contributed by atoms with Gasteiger partial charge in [0.1, 0.15) is 35.7 Å². The van der Waals surface area contributed by atoms with Gasteiger partial charge in [-0.2, -0.15) is 5.10 Å². The molecule has 0 aliphatic heterocycles. The molecule has 0 amide bonds. The molecule has 0 fully saturated rings. The topological polar surface area (TPSA) is 55.9 Å². The third-order valence-electron chi connectivity index (χ3n) is 4.88. The van der Waals surface area contributed by atoms with Gasteiger partial charge in [-0.1, -0.05) is 30.4 Å². The van der Waals surface area contributed by atoms with E-state index >= 15 is 0 Å². The maximum absolute atomic E-state index is 14.5. The molecule has 2 aromatic carbocycles. The normalized spacial score (nSPS) is 13.5. The first-order chi connectivity index (χ1) is 14.9. The van der Waals surface area contributed by atoms with Gasteiger partial charge >= 0.3 is 0 Å². The molecule has 5 nitrogen and oxygen atoms in total. The Morgan fingerprint density at radius 3 is 2.35 bits per heavy atom. The molecule has 2 heterocycles. The summed E-state index contributed by atoms with van der Waals surface area (Å²) < 4.78 is 44.1. The molecule has 0 aliphatic carbocycles. The lowest BCUT2D eigenvalue weighted by Gasteiger charge is -2.29. The fourth-order valence-corrected chi connectivity index (χ4v) is 3.39. The van der Waals surface area contributed by atoms with Gasteiger partial charge in [-0.25, -0.2) is 22.8 Å². The van der Waals surface area contributed by atoms with E-state index in [0.717, 1.165) is 23.3 Å². The highest BCUT2D eigenvalue weighted by atomic mass is 19.1. The number of halogens is 3. The maximum atomic E-state index is 14.5. The minimum Gasteiger partial charge on any atom is -0.381 e. The molecule has 8 heteroatoms. The van der Waals surface area contributed by atoms with Crippen LogP contribution in [0.1, 0.15) is 16.7 Å². The van der Waals surface area contributed by atoms with Gasteiger partial charge in [0.15, 0.2) is 0 Å². The van der Waals surface area contributed by atoms with E-state index in [-0.39, 0.29) is 24.5 Å². The van der Waals surface area contributed by atoms with Gasteiger partial charge in [-0.3, -0.25) is 0 Å². The lowest BCUT2D eigenvalue weighted by molar-refractivity contribution is -0.00534. The smallest absolute Gasteiger partial charge is 0.137 e. The van der Waals surface area contributed by atoms with Gasteiger partial charge in [0, 0.05) is 24.0 Å². The minimum absolute atomic E-state index is 0.000198. The van der Waals surface area contributed by atoms with Crippen LogP contribution in [0, 0.1) is 17.5 Å². The van der Waals surface area contributed by atoms with E-state index < -0.39 is 17.2 Å². The highest BCUT2D eigenvalue weighted by molar-refractivity contribution is 5.69. The van der Waals surface area contributed by atoms with Crippen molar-refractivity contribution in [1.29, 1.82) is 0 Å². The van der Waals surface area contributed by atoms with E-state index in [9.17, 15) is 18.3 Å². The zero-order chi connectivity index (χ0) is 21.8. The summed E-state index contributed by atoms with van der Waals surface area (Å²) in [6.45, 7) is -0.0751. The SMILES string of the molecule is OC(Cn1ccc(/C=C/c2ccc(F)cc2)c1)(Cn1cncn1)c1ccc(F)cc1F. The van der Waals surface area contributed by atoms with Crippen molar-refractivity contribution in [2.24, 2.45) is 0 Å². The van der Waals surface area contributed by atoms with Crippen molar-refractivity contribution in [2.75, 3.05) is 0 Å². The van der Waals surface area contributed by atoms with E-state index in [4.69, 9.17) is 0 Å². The van der Waals surface area contributed by atoms with Crippen molar-refractivity contribution < 1.29 is 18.3 Å². The number of aromatic nitrogens is 4. The molecule has 4 aromatic rings. The molecule has 0 saturated heterocycles. The second kappa shape index (κ2) is 8.61. The van der Waals surface area contributed by atoms with Crippen LogP contribution in [0.25, 0.3) is 12.2 Å². The first-order valence-electron chi connectivity index (χ1n) is 9.51. The van der Waals surface area contributed by atoms with Crippen LogP contribution < -0.4 is 0 Å². The number of benzene rings is 2. The van der Waals surface area contributed by atoms with Gasteiger partial charge in [-0.15, -0.1) is 0 Å². The number of aliphatic hydroxyl groups is 1. The third kappa shape index (κ3) is 4.92. The molecule has 4 rings (SSSR count). The van der Waals surface area contributed by atoms with Crippen molar-refractivity contribution in [3.05, 3.63) is 108 Å². The Morgan fingerprint density at radius 2 is 1.65 bits per heavy atom. The summed E-state index contributed by atoms with van der Waals surface area (Å²) in [5, 5.41) is 15.4. The van der Waals surface area contributed by atoms with E-state index in [1.54, 1.807) is 29.1 Å². The van der Waals surface area contributed by atoms with E-state index in [1.165, 1.54) is 35.5 Å². The molecule has 158 valence electrons. The van der Waals surface area contributed by atoms with E-state index in [0.29, 0.717) is 0 Å².